The molecule has 0 atom stereocenters. The van der Waals surface area contributed by atoms with Gasteiger partial charge in [-0.15, -0.1) is 0 Å². The van der Waals surface area contributed by atoms with Gasteiger partial charge >= 0.3 is 0 Å². The van der Waals surface area contributed by atoms with E-state index in [2.05, 4.69) is 54.9 Å². The Morgan fingerprint density at radius 3 is 2.68 bits per heavy atom. The van der Waals surface area contributed by atoms with Gasteiger partial charge in [0, 0.05) is 74.3 Å². The number of carbonyl (C=O) groups is 1. The molecular weight excluding hydrogens is 478 g/mol. The van der Waals surface area contributed by atoms with E-state index in [4.69, 9.17) is 9.72 Å². The van der Waals surface area contributed by atoms with Crippen LogP contribution in [-0.2, 0) is 18.4 Å². The fraction of sp³-hybridized carbons (Fsp3) is 0.276. The minimum Gasteiger partial charge on any atom is -0.494 e. The summed E-state index contributed by atoms with van der Waals surface area (Å²) in [6, 6.07) is 14.1. The summed E-state index contributed by atoms with van der Waals surface area (Å²) in [6.07, 6.45) is 5.09. The zero-order valence-electron chi connectivity index (χ0n) is 22.7. The lowest BCUT2D eigenvalue weighted by atomic mass is 10.1. The Balaban J connectivity index is 1.69. The number of nitrogens with one attached hydrogen (secondary N) is 2. The zero-order valence-corrected chi connectivity index (χ0v) is 22.7. The van der Waals surface area contributed by atoms with Gasteiger partial charge in [-0.25, -0.2) is 9.97 Å². The predicted molar refractivity (Wildman–Crippen MR) is 154 cm³/mol. The van der Waals surface area contributed by atoms with E-state index in [0.29, 0.717) is 23.9 Å². The van der Waals surface area contributed by atoms with Crippen molar-refractivity contribution < 1.29 is 9.53 Å². The molecule has 0 aliphatic carbocycles. The maximum Gasteiger partial charge on any atom is 0.243 e. The van der Waals surface area contributed by atoms with E-state index in [1.807, 2.05) is 58.5 Å². The van der Waals surface area contributed by atoms with Crippen LogP contribution in [0.15, 0.2) is 67.5 Å². The van der Waals surface area contributed by atoms with Crippen molar-refractivity contribution >= 4 is 34.1 Å². The van der Waals surface area contributed by atoms with Gasteiger partial charge in [0.1, 0.15) is 5.75 Å². The van der Waals surface area contributed by atoms with Gasteiger partial charge in [-0.05, 0) is 43.9 Å². The van der Waals surface area contributed by atoms with Gasteiger partial charge in [0.25, 0.3) is 0 Å². The second kappa shape index (κ2) is 11.8. The second-order valence-electron chi connectivity index (χ2n) is 9.39. The first-order chi connectivity index (χ1) is 18.3. The summed E-state index contributed by atoms with van der Waals surface area (Å²) in [7, 11) is 9.77. The number of anilines is 3. The highest BCUT2D eigenvalue weighted by Gasteiger charge is 2.16. The van der Waals surface area contributed by atoms with E-state index < -0.39 is 0 Å². The molecule has 2 aromatic carbocycles. The summed E-state index contributed by atoms with van der Waals surface area (Å²) in [5.74, 6) is 0.863. The molecule has 4 rings (SSSR count). The predicted octanol–water partition coefficient (Wildman–Crippen LogP) is 4.19. The van der Waals surface area contributed by atoms with Crippen molar-refractivity contribution in [3.05, 3.63) is 73.1 Å². The standard InChI is InChI=1S/C29H35N7O2/c1-7-28(37)31-18-20-16-24(27(38-6)17-26(20)35(4)15-14-34(2)3)33-29-30-13-12-23(32-29)22-19-36(5)25-11-9-8-10-21(22)25/h7-13,16-17,19H,1,14-15,18H2,2-6H3,(H,31,37)(H,30,32,33). The van der Waals surface area contributed by atoms with E-state index in [0.717, 1.165) is 46.5 Å². The molecule has 0 bridgehead atoms. The van der Waals surface area contributed by atoms with E-state index in [9.17, 15) is 4.79 Å². The van der Waals surface area contributed by atoms with Crippen LogP contribution in [0.25, 0.3) is 22.2 Å². The Morgan fingerprint density at radius 2 is 1.95 bits per heavy atom. The lowest BCUT2D eigenvalue weighted by molar-refractivity contribution is -0.116. The maximum absolute atomic E-state index is 11.9. The highest BCUT2D eigenvalue weighted by molar-refractivity contribution is 5.95. The van der Waals surface area contributed by atoms with Crippen LogP contribution in [0.1, 0.15) is 5.56 Å². The molecule has 9 heteroatoms. The van der Waals surface area contributed by atoms with Crippen molar-refractivity contribution in [1.82, 2.24) is 24.8 Å². The van der Waals surface area contributed by atoms with Crippen LogP contribution in [0, 0.1) is 0 Å². The quantitative estimate of drug-likeness (QED) is 0.291. The molecule has 0 radical (unpaired) electrons. The molecule has 38 heavy (non-hydrogen) atoms. The topological polar surface area (TPSA) is 87.5 Å². The van der Waals surface area contributed by atoms with Gasteiger partial charge < -0.3 is 29.7 Å². The van der Waals surface area contributed by atoms with Crippen molar-refractivity contribution in [1.29, 1.82) is 0 Å². The molecule has 0 unspecified atom stereocenters. The molecular formula is C29H35N7O2. The first-order valence-corrected chi connectivity index (χ1v) is 12.4. The molecule has 0 saturated carbocycles. The minimum atomic E-state index is -0.233. The number of fused-ring (bicyclic) bond motifs is 1. The molecule has 2 aromatic heterocycles. The number of rotatable bonds is 11. The average molecular weight is 514 g/mol. The molecule has 198 valence electrons. The Hall–Kier alpha value is -4.37. The van der Waals surface area contributed by atoms with Crippen molar-refractivity contribution in [2.24, 2.45) is 7.05 Å². The molecule has 2 N–H and O–H groups in total. The monoisotopic (exact) mass is 513 g/mol. The number of para-hydroxylation sites is 1. The van der Waals surface area contributed by atoms with Crippen LogP contribution in [-0.4, -0.2) is 66.7 Å². The molecule has 2 heterocycles. The Morgan fingerprint density at radius 1 is 1.16 bits per heavy atom. The van der Waals surface area contributed by atoms with E-state index in [1.165, 1.54) is 6.08 Å². The number of aromatic nitrogens is 3. The number of ether oxygens (including phenoxy) is 1. The maximum atomic E-state index is 11.9. The molecule has 0 aliphatic rings. The third-order valence-electron chi connectivity index (χ3n) is 6.41. The first kappa shape index (κ1) is 26.7. The molecule has 9 nitrogen and oxygen atoms in total. The molecule has 0 fully saturated rings. The van der Waals surface area contributed by atoms with Gasteiger partial charge in [0.05, 0.1) is 18.5 Å². The van der Waals surface area contributed by atoms with E-state index in [1.54, 1.807) is 13.3 Å². The SMILES string of the molecule is C=CC(=O)NCc1cc(Nc2nccc(-c3cn(C)c4ccccc34)n2)c(OC)cc1N(C)CCN(C)C. The lowest BCUT2D eigenvalue weighted by Crippen LogP contribution is -2.30. The number of nitrogens with zero attached hydrogens (tertiary/aromatic N) is 5. The van der Waals surface area contributed by atoms with Gasteiger partial charge in [-0.1, -0.05) is 24.8 Å². The third-order valence-corrected chi connectivity index (χ3v) is 6.41. The van der Waals surface area contributed by atoms with Crippen LogP contribution in [0.3, 0.4) is 0 Å². The highest BCUT2D eigenvalue weighted by Crippen LogP contribution is 2.35. The van der Waals surface area contributed by atoms with Gasteiger partial charge in [-0.2, -0.15) is 0 Å². The van der Waals surface area contributed by atoms with Crippen LogP contribution in [0.5, 0.6) is 5.75 Å². The largest absolute Gasteiger partial charge is 0.494 e. The Labute approximate surface area is 223 Å². The number of benzene rings is 2. The number of carbonyl (C=O) groups excluding carboxylic acids is 1. The fourth-order valence-corrected chi connectivity index (χ4v) is 4.34. The van der Waals surface area contributed by atoms with Crippen molar-refractivity contribution in [2.75, 3.05) is 51.6 Å². The number of hydrogen-bond donors (Lipinski definition) is 2. The summed E-state index contributed by atoms with van der Waals surface area (Å²) in [4.78, 5) is 25.5. The van der Waals surface area contributed by atoms with Crippen molar-refractivity contribution in [2.45, 2.75) is 6.54 Å². The van der Waals surface area contributed by atoms with Crippen LogP contribution >= 0.6 is 0 Å². The van der Waals surface area contributed by atoms with Crippen LogP contribution < -0.4 is 20.3 Å². The molecule has 0 saturated heterocycles. The number of aryl methyl sites for hydroxylation is 1. The highest BCUT2D eigenvalue weighted by atomic mass is 16.5. The minimum absolute atomic E-state index is 0.233. The van der Waals surface area contributed by atoms with Crippen LogP contribution in [0.4, 0.5) is 17.3 Å². The first-order valence-electron chi connectivity index (χ1n) is 12.4. The van der Waals surface area contributed by atoms with Gasteiger partial charge in [0.2, 0.25) is 11.9 Å². The van der Waals surface area contributed by atoms with Crippen LogP contribution in [0.2, 0.25) is 0 Å². The summed E-state index contributed by atoms with van der Waals surface area (Å²) in [5, 5.41) is 7.35. The lowest BCUT2D eigenvalue weighted by Gasteiger charge is -2.26. The molecule has 0 aliphatic heterocycles. The van der Waals surface area contributed by atoms with Crippen molar-refractivity contribution in [3.8, 4) is 17.0 Å². The van der Waals surface area contributed by atoms with Gasteiger partial charge in [0.15, 0.2) is 0 Å². The summed E-state index contributed by atoms with van der Waals surface area (Å²) < 4.78 is 7.85. The number of amides is 1. The number of methoxy groups -OCH3 is 1. The molecule has 0 spiro atoms. The fourth-order valence-electron chi connectivity index (χ4n) is 4.34. The normalized spacial score (nSPS) is 11.0. The number of likely N-dealkylation sites (N-methyl/N-ethyl adjacent to an activating group) is 2. The summed E-state index contributed by atoms with van der Waals surface area (Å²) in [5.41, 5.74) is 5.58. The number of hydrogen-bond acceptors (Lipinski definition) is 7. The third kappa shape index (κ3) is 5.95. The summed E-state index contributed by atoms with van der Waals surface area (Å²) in [6.45, 7) is 5.58. The average Bonchev–Trinajstić information content (AvgIpc) is 3.27. The van der Waals surface area contributed by atoms with Gasteiger partial charge in [-0.3, -0.25) is 4.79 Å². The Bertz CT molecular complexity index is 1440. The Kier molecular flexibility index (Phi) is 8.28. The smallest absolute Gasteiger partial charge is 0.243 e. The van der Waals surface area contributed by atoms with E-state index in [-0.39, 0.29) is 5.91 Å². The summed E-state index contributed by atoms with van der Waals surface area (Å²) >= 11 is 0. The second-order valence-corrected chi connectivity index (χ2v) is 9.39. The van der Waals surface area contributed by atoms with Crippen molar-refractivity contribution in [3.63, 3.8) is 0 Å². The molecule has 4 aromatic rings. The molecule has 1 amide bonds. The zero-order chi connectivity index (χ0) is 27.2. The van der Waals surface area contributed by atoms with E-state index >= 15 is 0 Å².